The van der Waals surface area contributed by atoms with Gasteiger partial charge >= 0.3 is 12.1 Å². The van der Waals surface area contributed by atoms with Crippen LogP contribution in [0.4, 0.5) is 4.79 Å². The minimum absolute atomic E-state index is 0.0252. The van der Waals surface area contributed by atoms with Crippen LogP contribution < -0.4 is 10.6 Å². The molecule has 2 aromatic carbocycles. The highest BCUT2D eigenvalue weighted by Crippen LogP contribution is 2.44. The lowest BCUT2D eigenvalue weighted by molar-refractivity contribution is -0.143. The van der Waals surface area contributed by atoms with Crippen molar-refractivity contribution < 1.29 is 29.0 Å². The van der Waals surface area contributed by atoms with Gasteiger partial charge in [-0.15, -0.1) is 0 Å². The molecule has 2 atom stereocenters. The van der Waals surface area contributed by atoms with Gasteiger partial charge in [0.2, 0.25) is 5.91 Å². The second-order valence-electron chi connectivity index (χ2n) is 8.03. The summed E-state index contributed by atoms with van der Waals surface area (Å²) in [5.41, 5.74) is 4.60. The van der Waals surface area contributed by atoms with E-state index in [1.54, 1.807) is 0 Å². The van der Waals surface area contributed by atoms with Crippen molar-refractivity contribution >= 4 is 18.0 Å². The fraction of sp³-hybridized carbons (Fsp3) is 0.400. The summed E-state index contributed by atoms with van der Waals surface area (Å²) in [6.45, 7) is 2.00. The molecule has 0 aliphatic heterocycles. The van der Waals surface area contributed by atoms with Gasteiger partial charge in [0.1, 0.15) is 6.61 Å². The summed E-state index contributed by atoms with van der Waals surface area (Å²) in [6, 6.07) is 14.9. The third-order valence-electron chi connectivity index (χ3n) is 5.84. The Morgan fingerprint density at radius 3 is 2.15 bits per heavy atom. The molecule has 0 bridgehead atoms. The smallest absolute Gasteiger partial charge is 0.407 e. The van der Waals surface area contributed by atoms with Crippen molar-refractivity contribution in [3.05, 3.63) is 59.7 Å². The van der Waals surface area contributed by atoms with E-state index in [0.717, 1.165) is 22.3 Å². The number of benzene rings is 2. The van der Waals surface area contributed by atoms with Crippen LogP contribution in [0, 0.1) is 0 Å². The molecule has 2 amide bonds. The van der Waals surface area contributed by atoms with Crippen LogP contribution in [0.1, 0.15) is 43.2 Å². The Balaban J connectivity index is 1.51. The fourth-order valence-corrected chi connectivity index (χ4v) is 4.10. The van der Waals surface area contributed by atoms with E-state index in [4.69, 9.17) is 14.6 Å². The zero-order valence-electron chi connectivity index (χ0n) is 18.9. The van der Waals surface area contributed by atoms with E-state index in [9.17, 15) is 14.4 Å². The molecule has 2 unspecified atom stereocenters. The summed E-state index contributed by atoms with van der Waals surface area (Å²) in [5, 5.41) is 14.3. The predicted octanol–water partition coefficient (Wildman–Crippen LogP) is 3.30. The number of carboxylic acids is 1. The average Bonchev–Trinajstić information content (AvgIpc) is 3.13. The van der Waals surface area contributed by atoms with Crippen LogP contribution in [-0.2, 0) is 19.1 Å². The minimum atomic E-state index is -1.16. The molecule has 0 saturated heterocycles. The second kappa shape index (κ2) is 11.5. The van der Waals surface area contributed by atoms with Crippen molar-refractivity contribution in [2.24, 2.45) is 0 Å². The zero-order valence-corrected chi connectivity index (χ0v) is 18.9. The van der Waals surface area contributed by atoms with Gasteiger partial charge in [0.05, 0.1) is 6.61 Å². The van der Waals surface area contributed by atoms with E-state index in [1.165, 1.54) is 7.11 Å². The van der Waals surface area contributed by atoms with Gasteiger partial charge < -0.3 is 25.2 Å². The van der Waals surface area contributed by atoms with E-state index in [0.29, 0.717) is 12.8 Å². The fourth-order valence-electron chi connectivity index (χ4n) is 4.10. The van der Waals surface area contributed by atoms with Crippen LogP contribution in [0.15, 0.2) is 48.5 Å². The van der Waals surface area contributed by atoms with Gasteiger partial charge in [-0.2, -0.15) is 0 Å². The van der Waals surface area contributed by atoms with Gasteiger partial charge in [0, 0.05) is 25.5 Å². The van der Waals surface area contributed by atoms with Crippen LogP contribution in [-0.4, -0.2) is 55.5 Å². The molecule has 0 heterocycles. The standard InChI is InChI=1S/C25H30N2O6/c1-3-16(12-13-23(28)27-22(15-32-2)24(29)30)26-25(31)33-14-21-19-10-6-4-8-17(19)18-9-5-7-11-20(18)21/h4-11,16,21-22H,3,12-15H2,1-2H3,(H,26,31)(H,27,28)(H,29,30). The summed E-state index contributed by atoms with van der Waals surface area (Å²) < 4.78 is 10.4. The van der Waals surface area contributed by atoms with Gasteiger partial charge in [-0.25, -0.2) is 9.59 Å². The zero-order chi connectivity index (χ0) is 23.8. The lowest BCUT2D eigenvalue weighted by Crippen LogP contribution is -2.44. The summed E-state index contributed by atoms with van der Waals surface area (Å²) in [5.74, 6) is -1.59. The lowest BCUT2D eigenvalue weighted by Gasteiger charge is -2.19. The van der Waals surface area contributed by atoms with Crippen molar-refractivity contribution in [1.29, 1.82) is 0 Å². The number of carboxylic acid groups (broad SMARTS) is 1. The number of rotatable bonds is 11. The minimum Gasteiger partial charge on any atom is -0.480 e. The van der Waals surface area contributed by atoms with Crippen LogP contribution in [0.3, 0.4) is 0 Å². The third kappa shape index (κ3) is 6.10. The molecular weight excluding hydrogens is 424 g/mol. The van der Waals surface area contributed by atoms with Crippen molar-refractivity contribution in [1.82, 2.24) is 10.6 Å². The first-order valence-electron chi connectivity index (χ1n) is 11.1. The Morgan fingerprint density at radius 2 is 1.61 bits per heavy atom. The molecule has 2 aromatic rings. The van der Waals surface area contributed by atoms with E-state index in [2.05, 4.69) is 34.9 Å². The highest BCUT2D eigenvalue weighted by molar-refractivity contribution is 5.83. The Hall–Kier alpha value is -3.39. The van der Waals surface area contributed by atoms with Gasteiger partial charge in [0.25, 0.3) is 0 Å². The maximum absolute atomic E-state index is 12.5. The first kappa shape index (κ1) is 24.3. The number of alkyl carbamates (subject to hydrolysis) is 1. The summed E-state index contributed by atoms with van der Waals surface area (Å²) in [6.07, 6.45) is 0.520. The monoisotopic (exact) mass is 454 g/mol. The number of fused-ring (bicyclic) bond motifs is 3. The van der Waals surface area contributed by atoms with Crippen LogP contribution >= 0.6 is 0 Å². The third-order valence-corrected chi connectivity index (χ3v) is 5.84. The molecule has 3 rings (SSSR count). The lowest BCUT2D eigenvalue weighted by atomic mass is 9.98. The van der Waals surface area contributed by atoms with E-state index in [1.807, 2.05) is 31.2 Å². The average molecular weight is 455 g/mol. The van der Waals surface area contributed by atoms with Crippen LogP contribution in [0.5, 0.6) is 0 Å². The van der Waals surface area contributed by atoms with Gasteiger partial charge in [-0.3, -0.25) is 4.79 Å². The first-order valence-corrected chi connectivity index (χ1v) is 11.1. The van der Waals surface area contributed by atoms with Gasteiger partial charge in [0.15, 0.2) is 6.04 Å². The summed E-state index contributed by atoms with van der Waals surface area (Å²) in [4.78, 5) is 35.7. The van der Waals surface area contributed by atoms with Crippen molar-refractivity contribution in [3.8, 4) is 11.1 Å². The first-order chi connectivity index (χ1) is 15.9. The molecule has 8 heteroatoms. The van der Waals surface area contributed by atoms with E-state index in [-0.39, 0.29) is 31.6 Å². The molecule has 3 N–H and O–H groups in total. The molecule has 0 spiro atoms. The summed E-state index contributed by atoms with van der Waals surface area (Å²) >= 11 is 0. The highest BCUT2D eigenvalue weighted by Gasteiger charge is 2.29. The summed E-state index contributed by atoms with van der Waals surface area (Å²) in [7, 11) is 1.37. The molecule has 1 aliphatic carbocycles. The Kier molecular flexibility index (Phi) is 8.43. The van der Waals surface area contributed by atoms with Gasteiger partial charge in [-0.1, -0.05) is 55.5 Å². The van der Waals surface area contributed by atoms with E-state index < -0.39 is 24.0 Å². The Morgan fingerprint density at radius 1 is 1.00 bits per heavy atom. The number of carbonyl (C=O) groups is 3. The molecule has 176 valence electrons. The number of carbonyl (C=O) groups excluding carboxylic acids is 2. The molecule has 0 saturated carbocycles. The highest BCUT2D eigenvalue weighted by atomic mass is 16.5. The molecule has 0 aromatic heterocycles. The maximum Gasteiger partial charge on any atom is 0.407 e. The topological polar surface area (TPSA) is 114 Å². The molecular formula is C25H30N2O6. The number of hydrogen-bond donors (Lipinski definition) is 3. The maximum atomic E-state index is 12.5. The van der Waals surface area contributed by atoms with Crippen LogP contribution in [0.2, 0.25) is 0 Å². The Labute approximate surface area is 193 Å². The Bertz CT molecular complexity index is 947. The number of aliphatic carboxylic acids is 1. The molecule has 33 heavy (non-hydrogen) atoms. The van der Waals surface area contributed by atoms with Crippen LogP contribution in [0.25, 0.3) is 11.1 Å². The molecule has 8 nitrogen and oxygen atoms in total. The van der Waals surface area contributed by atoms with Crippen molar-refractivity contribution in [2.45, 2.75) is 44.2 Å². The number of hydrogen-bond acceptors (Lipinski definition) is 5. The van der Waals surface area contributed by atoms with E-state index >= 15 is 0 Å². The normalized spacial score (nSPS) is 14.0. The number of ether oxygens (including phenoxy) is 2. The largest absolute Gasteiger partial charge is 0.480 e. The van der Waals surface area contributed by atoms with Gasteiger partial charge in [-0.05, 0) is 35.1 Å². The molecule has 1 aliphatic rings. The second-order valence-corrected chi connectivity index (χ2v) is 8.03. The van der Waals surface area contributed by atoms with Crippen molar-refractivity contribution in [2.75, 3.05) is 20.3 Å². The molecule has 0 fully saturated rings. The number of nitrogens with one attached hydrogen (secondary N) is 2. The quantitative estimate of drug-likeness (QED) is 0.480. The molecule has 0 radical (unpaired) electrons. The SMILES string of the molecule is CCC(CCC(=O)NC(COC)C(=O)O)NC(=O)OCC1c2ccccc2-c2ccccc21. The number of methoxy groups -OCH3 is 1. The van der Waals surface area contributed by atoms with Crippen molar-refractivity contribution in [3.63, 3.8) is 0 Å². The number of amides is 2. The predicted molar refractivity (Wildman–Crippen MR) is 123 cm³/mol.